The van der Waals surface area contributed by atoms with Crippen LogP contribution in [0.3, 0.4) is 0 Å². The van der Waals surface area contributed by atoms with E-state index in [1.54, 1.807) is 13.8 Å². The van der Waals surface area contributed by atoms with Gasteiger partial charge in [-0.1, -0.05) is 29.8 Å². The highest BCUT2D eigenvalue weighted by atomic mass is 16.5. The van der Waals surface area contributed by atoms with Gasteiger partial charge < -0.3 is 9.84 Å². The molecule has 0 aliphatic heterocycles. The Labute approximate surface area is 98.3 Å². The molecule has 2 heteroatoms. The van der Waals surface area contributed by atoms with Crippen molar-refractivity contribution in [3.05, 3.63) is 35.4 Å². The summed E-state index contributed by atoms with van der Waals surface area (Å²) in [6.45, 7) is 9.93. The van der Waals surface area contributed by atoms with E-state index in [0.717, 1.165) is 5.56 Å². The van der Waals surface area contributed by atoms with Gasteiger partial charge in [-0.2, -0.15) is 0 Å². The number of aryl methyl sites for hydroxylation is 1. The van der Waals surface area contributed by atoms with Gasteiger partial charge in [-0.3, -0.25) is 0 Å². The van der Waals surface area contributed by atoms with Crippen molar-refractivity contribution in [1.29, 1.82) is 0 Å². The Kier molecular flexibility index (Phi) is 3.76. The Hall–Kier alpha value is -0.860. The predicted molar refractivity (Wildman–Crippen MR) is 66.3 cm³/mol. The number of ether oxygens (including phenoxy) is 1. The van der Waals surface area contributed by atoms with Gasteiger partial charge in [0.15, 0.2) is 0 Å². The molecule has 0 heterocycles. The van der Waals surface area contributed by atoms with Crippen molar-refractivity contribution in [2.24, 2.45) is 0 Å². The van der Waals surface area contributed by atoms with E-state index < -0.39 is 11.2 Å². The van der Waals surface area contributed by atoms with Crippen LogP contribution >= 0.6 is 0 Å². The summed E-state index contributed by atoms with van der Waals surface area (Å²) < 4.78 is 5.77. The smallest absolute Gasteiger partial charge is 0.0911 e. The Morgan fingerprint density at radius 1 is 1.06 bits per heavy atom. The van der Waals surface area contributed by atoms with Crippen LogP contribution in [0.5, 0.6) is 0 Å². The summed E-state index contributed by atoms with van der Waals surface area (Å²) in [6.07, 6.45) is 0. The predicted octanol–water partition coefficient (Wildman–Crippen LogP) is 3.06. The molecule has 2 nitrogen and oxygen atoms in total. The summed E-state index contributed by atoms with van der Waals surface area (Å²) in [5, 5.41) is 9.94. The standard InChI is InChI=1S/C14H22O2/c1-11-6-8-12(9-7-11)10-16-14(4,5)13(2,3)15/h6-9,15H,10H2,1-5H3. The number of aliphatic hydroxyl groups is 1. The van der Waals surface area contributed by atoms with Crippen LogP contribution in [0.2, 0.25) is 0 Å². The van der Waals surface area contributed by atoms with Crippen LogP contribution in [0, 0.1) is 6.92 Å². The molecule has 0 unspecified atom stereocenters. The highest BCUT2D eigenvalue weighted by Crippen LogP contribution is 2.26. The summed E-state index contributed by atoms with van der Waals surface area (Å²) >= 11 is 0. The van der Waals surface area contributed by atoms with Gasteiger partial charge >= 0.3 is 0 Å². The molecular weight excluding hydrogens is 200 g/mol. The van der Waals surface area contributed by atoms with Crippen LogP contribution < -0.4 is 0 Å². The quantitative estimate of drug-likeness (QED) is 0.848. The summed E-state index contributed by atoms with van der Waals surface area (Å²) in [7, 11) is 0. The molecule has 1 aromatic rings. The molecule has 0 radical (unpaired) electrons. The van der Waals surface area contributed by atoms with Crippen molar-refractivity contribution in [2.75, 3.05) is 0 Å². The van der Waals surface area contributed by atoms with E-state index in [9.17, 15) is 5.11 Å². The largest absolute Gasteiger partial charge is 0.387 e. The van der Waals surface area contributed by atoms with Crippen molar-refractivity contribution in [3.8, 4) is 0 Å². The average molecular weight is 222 g/mol. The minimum atomic E-state index is -0.850. The number of rotatable bonds is 4. The van der Waals surface area contributed by atoms with Gasteiger partial charge in [0, 0.05) is 0 Å². The van der Waals surface area contributed by atoms with Crippen LogP contribution in [0.1, 0.15) is 38.8 Å². The Bertz CT molecular complexity index is 331. The molecule has 16 heavy (non-hydrogen) atoms. The highest BCUT2D eigenvalue weighted by molar-refractivity contribution is 5.20. The minimum Gasteiger partial charge on any atom is -0.387 e. The first kappa shape index (κ1) is 13.2. The van der Waals surface area contributed by atoms with E-state index in [1.165, 1.54) is 5.56 Å². The molecule has 1 aromatic carbocycles. The third-order valence-corrected chi connectivity index (χ3v) is 3.19. The van der Waals surface area contributed by atoms with Crippen molar-refractivity contribution in [3.63, 3.8) is 0 Å². The molecule has 90 valence electrons. The van der Waals surface area contributed by atoms with Gasteiger partial charge in [-0.25, -0.2) is 0 Å². The number of hydrogen-bond donors (Lipinski definition) is 1. The van der Waals surface area contributed by atoms with E-state index in [4.69, 9.17) is 4.74 Å². The zero-order valence-electron chi connectivity index (χ0n) is 10.9. The fourth-order valence-electron chi connectivity index (χ4n) is 1.12. The zero-order chi connectivity index (χ0) is 12.4. The van der Waals surface area contributed by atoms with Gasteiger partial charge in [0.1, 0.15) is 0 Å². The SMILES string of the molecule is Cc1ccc(COC(C)(C)C(C)(C)O)cc1. The molecule has 0 fully saturated rings. The molecule has 1 N–H and O–H groups in total. The molecular formula is C14H22O2. The van der Waals surface area contributed by atoms with Crippen LogP contribution in [0.4, 0.5) is 0 Å². The molecule has 0 saturated heterocycles. The molecule has 0 spiro atoms. The second-order valence-electron chi connectivity index (χ2n) is 5.34. The average Bonchev–Trinajstić information content (AvgIpc) is 2.15. The van der Waals surface area contributed by atoms with Crippen LogP contribution in [0.25, 0.3) is 0 Å². The van der Waals surface area contributed by atoms with Gasteiger partial charge in [0.2, 0.25) is 0 Å². The minimum absolute atomic E-state index is 0.525. The lowest BCUT2D eigenvalue weighted by Crippen LogP contribution is -2.47. The molecule has 0 bridgehead atoms. The molecule has 0 aliphatic carbocycles. The zero-order valence-corrected chi connectivity index (χ0v) is 10.9. The van der Waals surface area contributed by atoms with E-state index in [1.807, 2.05) is 13.8 Å². The van der Waals surface area contributed by atoms with E-state index in [0.29, 0.717) is 6.61 Å². The Morgan fingerprint density at radius 2 is 1.56 bits per heavy atom. The third kappa shape index (κ3) is 3.32. The molecule has 0 saturated carbocycles. The molecule has 0 aromatic heterocycles. The lowest BCUT2D eigenvalue weighted by atomic mass is 9.89. The van der Waals surface area contributed by atoms with Crippen LogP contribution in [-0.2, 0) is 11.3 Å². The monoisotopic (exact) mass is 222 g/mol. The summed E-state index contributed by atoms with van der Waals surface area (Å²) in [4.78, 5) is 0. The third-order valence-electron chi connectivity index (χ3n) is 3.19. The molecule has 0 amide bonds. The van der Waals surface area contributed by atoms with E-state index in [-0.39, 0.29) is 0 Å². The lowest BCUT2D eigenvalue weighted by molar-refractivity contribution is -0.153. The maximum atomic E-state index is 9.94. The first-order valence-electron chi connectivity index (χ1n) is 5.64. The summed E-state index contributed by atoms with van der Waals surface area (Å²) in [5.41, 5.74) is 0.962. The fraction of sp³-hybridized carbons (Fsp3) is 0.571. The van der Waals surface area contributed by atoms with E-state index in [2.05, 4.69) is 31.2 Å². The van der Waals surface area contributed by atoms with Crippen molar-refractivity contribution >= 4 is 0 Å². The lowest BCUT2D eigenvalue weighted by Gasteiger charge is -2.37. The van der Waals surface area contributed by atoms with E-state index >= 15 is 0 Å². The Morgan fingerprint density at radius 3 is 2.00 bits per heavy atom. The van der Waals surface area contributed by atoms with Crippen molar-refractivity contribution < 1.29 is 9.84 Å². The number of benzene rings is 1. The second kappa shape index (κ2) is 4.56. The van der Waals surface area contributed by atoms with Gasteiger partial charge in [0.25, 0.3) is 0 Å². The highest BCUT2D eigenvalue weighted by Gasteiger charge is 2.35. The maximum absolute atomic E-state index is 9.94. The Balaban J connectivity index is 2.61. The second-order valence-corrected chi connectivity index (χ2v) is 5.34. The van der Waals surface area contributed by atoms with Crippen LogP contribution in [-0.4, -0.2) is 16.3 Å². The molecule has 0 atom stereocenters. The van der Waals surface area contributed by atoms with Gasteiger partial charge in [-0.15, -0.1) is 0 Å². The van der Waals surface area contributed by atoms with Crippen molar-refractivity contribution in [1.82, 2.24) is 0 Å². The summed E-state index contributed by atoms with van der Waals surface area (Å²) in [6, 6.07) is 8.23. The maximum Gasteiger partial charge on any atom is 0.0911 e. The number of hydrogen-bond acceptors (Lipinski definition) is 2. The fourth-order valence-corrected chi connectivity index (χ4v) is 1.12. The summed E-state index contributed by atoms with van der Waals surface area (Å²) in [5.74, 6) is 0. The topological polar surface area (TPSA) is 29.5 Å². The first-order valence-corrected chi connectivity index (χ1v) is 5.64. The van der Waals surface area contributed by atoms with Gasteiger partial charge in [-0.05, 0) is 40.2 Å². The molecule has 0 aliphatic rings. The van der Waals surface area contributed by atoms with Crippen molar-refractivity contribution in [2.45, 2.75) is 52.4 Å². The molecule has 1 rings (SSSR count). The normalized spacial score (nSPS) is 12.9. The first-order chi connectivity index (χ1) is 7.22. The van der Waals surface area contributed by atoms with Gasteiger partial charge in [0.05, 0.1) is 17.8 Å². The van der Waals surface area contributed by atoms with Crippen LogP contribution in [0.15, 0.2) is 24.3 Å².